The summed E-state index contributed by atoms with van der Waals surface area (Å²) in [4.78, 5) is 11.5. The van der Waals surface area contributed by atoms with Gasteiger partial charge in [-0.15, -0.1) is 0 Å². The molecule has 0 atom stereocenters. The quantitative estimate of drug-likeness (QED) is 0.720. The van der Waals surface area contributed by atoms with E-state index in [1.165, 1.54) is 12.5 Å². The topological polar surface area (TPSA) is 63.3 Å². The lowest BCUT2D eigenvalue weighted by Gasteiger charge is -2.12. The molecule has 0 radical (unpaired) electrons. The van der Waals surface area contributed by atoms with Gasteiger partial charge in [-0.3, -0.25) is 4.79 Å². The molecule has 0 heterocycles. The van der Waals surface area contributed by atoms with Crippen LogP contribution in [0.2, 0.25) is 0 Å². The third kappa shape index (κ3) is 1.53. The molecule has 1 aromatic carbocycles. The second-order valence-electron chi connectivity index (χ2n) is 4.01. The Morgan fingerprint density at radius 2 is 2.27 bits per heavy atom. The number of phenolic OH excluding ortho intramolecular Hbond substituents is 1. The van der Waals surface area contributed by atoms with Crippen LogP contribution in [-0.2, 0) is 19.4 Å². The van der Waals surface area contributed by atoms with E-state index in [0.29, 0.717) is 11.1 Å². The molecule has 0 unspecified atom stereocenters. The maximum atomic E-state index is 11.5. The fourth-order valence-electron chi connectivity index (χ4n) is 2.33. The van der Waals surface area contributed by atoms with Gasteiger partial charge in [0.15, 0.2) is 5.78 Å². The number of fused-ring (bicyclic) bond motifs is 1. The predicted octanol–water partition coefficient (Wildman–Crippen LogP) is 1.54. The van der Waals surface area contributed by atoms with E-state index in [-0.39, 0.29) is 18.1 Å². The summed E-state index contributed by atoms with van der Waals surface area (Å²) >= 11 is 0. The van der Waals surface area contributed by atoms with Gasteiger partial charge in [0.05, 0.1) is 5.56 Å². The zero-order valence-electron chi connectivity index (χ0n) is 8.84. The van der Waals surface area contributed by atoms with E-state index in [0.717, 1.165) is 24.8 Å². The van der Waals surface area contributed by atoms with Gasteiger partial charge < -0.3 is 10.8 Å². The zero-order valence-corrected chi connectivity index (χ0v) is 8.84. The maximum absolute atomic E-state index is 11.5. The van der Waals surface area contributed by atoms with Crippen molar-refractivity contribution in [3.63, 3.8) is 0 Å². The van der Waals surface area contributed by atoms with Crippen molar-refractivity contribution in [3.8, 4) is 5.75 Å². The van der Waals surface area contributed by atoms with Crippen LogP contribution < -0.4 is 5.73 Å². The van der Waals surface area contributed by atoms with Crippen molar-refractivity contribution in [2.75, 3.05) is 0 Å². The van der Waals surface area contributed by atoms with Crippen LogP contribution in [0.15, 0.2) is 6.07 Å². The molecule has 0 saturated heterocycles. The van der Waals surface area contributed by atoms with Crippen LogP contribution in [-0.4, -0.2) is 10.9 Å². The highest BCUT2D eigenvalue weighted by Gasteiger charge is 2.22. The number of hydrogen-bond acceptors (Lipinski definition) is 3. The highest BCUT2D eigenvalue weighted by molar-refractivity contribution is 5.99. The van der Waals surface area contributed by atoms with E-state index in [9.17, 15) is 9.90 Å². The van der Waals surface area contributed by atoms with Gasteiger partial charge in [0.1, 0.15) is 5.75 Å². The van der Waals surface area contributed by atoms with Crippen molar-refractivity contribution in [2.45, 2.75) is 32.7 Å². The molecule has 80 valence electrons. The van der Waals surface area contributed by atoms with Crippen LogP contribution in [0.4, 0.5) is 0 Å². The minimum atomic E-state index is -0.0686. The molecule has 1 aliphatic rings. The van der Waals surface area contributed by atoms with Crippen LogP contribution in [0, 0.1) is 0 Å². The van der Waals surface area contributed by atoms with Crippen molar-refractivity contribution >= 4 is 5.78 Å². The van der Waals surface area contributed by atoms with Gasteiger partial charge in [0, 0.05) is 12.1 Å². The number of benzene rings is 1. The number of aryl methyl sites for hydroxylation is 1. The molecule has 3 nitrogen and oxygen atoms in total. The van der Waals surface area contributed by atoms with Gasteiger partial charge in [0.2, 0.25) is 0 Å². The van der Waals surface area contributed by atoms with Gasteiger partial charge in [-0.2, -0.15) is 0 Å². The fourth-order valence-corrected chi connectivity index (χ4v) is 2.33. The second-order valence-corrected chi connectivity index (χ2v) is 4.01. The number of nitrogens with two attached hydrogens (primary N) is 1. The summed E-state index contributed by atoms with van der Waals surface area (Å²) in [6.45, 7) is 1.77. The number of hydrogen-bond donors (Lipinski definition) is 2. The Morgan fingerprint density at radius 3 is 2.87 bits per heavy atom. The Morgan fingerprint density at radius 1 is 1.53 bits per heavy atom. The number of phenols is 1. The Bertz CT molecular complexity index is 423. The van der Waals surface area contributed by atoms with Crippen LogP contribution in [0.3, 0.4) is 0 Å². The fraction of sp³-hybridized carbons (Fsp3) is 0.417. The molecule has 15 heavy (non-hydrogen) atoms. The summed E-state index contributed by atoms with van der Waals surface area (Å²) in [6.07, 6.45) is 2.94. The molecular weight excluding hydrogens is 190 g/mol. The van der Waals surface area contributed by atoms with Gasteiger partial charge in [-0.05, 0) is 37.3 Å². The van der Waals surface area contributed by atoms with Crippen LogP contribution in [0.5, 0.6) is 5.75 Å². The molecule has 0 aromatic heterocycles. The van der Waals surface area contributed by atoms with E-state index in [1.807, 2.05) is 6.07 Å². The number of aromatic hydroxyl groups is 1. The minimum absolute atomic E-state index is 0.0686. The SMILES string of the molecule is CC(=O)c1c(O)c(CN)cc2c1CCC2. The monoisotopic (exact) mass is 205 g/mol. The van der Waals surface area contributed by atoms with E-state index >= 15 is 0 Å². The zero-order chi connectivity index (χ0) is 11.0. The molecule has 3 N–H and O–H groups in total. The summed E-state index contributed by atoms with van der Waals surface area (Å²) in [6, 6.07) is 1.93. The van der Waals surface area contributed by atoms with E-state index in [4.69, 9.17) is 5.73 Å². The minimum Gasteiger partial charge on any atom is -0.507 e. The summed E-state index contributed by atoms with van der Waals surface area (Å²) in [7, 11) is 0. The molecule has 0 amide bonds. The Labute approximate surface area is 88.9 Å². The first-order chi connectivity index (χ1) is 7.15. The Kier molecular flexibility index (Phi) is 2.49. The number of carbonyl (C=O) groups excluding carboxylic acids is 1. The largest absolute Gasteiger partial charge is 0.507 e. The molecule has 0 saturated carbocycles. The summed E-state index contributed by atoms with van der Waals surface area (Å²) < 4.78 is 0. The van der Waals surface area contributed by atoms with Gasteiger partial charge in [-0.25, -0.2) is 0 Å². The standard InChI is InChI=1S/C12H15NO2/c1-7(14)11-10-4-2-3-8(10)5-9(6-13)12(11)15/h5,15H,2-4,6,13H2,1H3. The first-order valence-corrected chi connectivity index (χ1v) is 5.22. The number of carbonyl (C=O) groups is 1. The molecule has 1 aliphatic carbocycles. The first-order valence-electron chi connectivity index (χ1n) is 5.22. The van der Waals surface area contributed by atoms with Crippen LogP contribution in [0.25, 0.3) is 0 Å². The molecule has 0 spiro atoms. The molecule has 0 bridgehead atoms. The lowest BCUT2D eigenvalue weighted by Crippen LogP contribution is -2.05. The van der Waals surface area contributed by atoms with E-state index in [1.54, 1.807) is 0 Å². The van der Waals surface area contributed by atoms with Crippen LogP contribution >= 0.6 is 0 Å². The van der Waals surface area contributed by atoms with Gasteiger partial charge in [0.25, 0.3) is 0 Å². The van der Waals surface area contributed by atoms with Crippen molar-refractivity contribution in [1.82, 2.24) is 0 Å². The van der Waals surface area contributed by atoms with Crippen molar-refractivity contribution in [3.05, 3.63) is 28.3 Å². The Balaban J connectivity index is 2.69. The molecule has 3 heteroatoms. The normalized spacial score (nSPS) is 14.0. The number of ketones is 1. The molecule has 1 aromatic rings. The van der Waals surface area contributed by atoms with Gasteiger partial charge >= 0.3 is 0 Å². The predicted molar refractivity (Wildman–Crippen MR) is 58.0 cm³/mol. The highest BCUT2D eigenvalue weighted by atomic mass is 16.3. The number of rotatable bonds is 2. The summed E-state index contributed by atoms with van der Waals surface area (Å²) in [5, 5.41) is 9.92. The van der Waals surface area contributed by atoms with Crippen molar-refractivity contribution in [1.29, 1.82) is 0 Å². The highest BCUT2D eigenvalue weighted by Crippen LogP contribution is 2.34. The number of Topliss-reactive ketones (excluding diaryl/α,β-unsaturated/α-hetero) is 1. The average Bonchev–Trinajstić information content (AvgIpc) is 2.63. The molecular formula is C12H15NO2. The van der Waals surface area contributed by atoms with E-state index in [2.05, 4.69) is 0 Å². The third-order valence-electron chi connectivity index (χ3n) is 3.02. The van der Waals surface area contributed by atoms with Gasteiger partial charge in [-0.1, -0.05) is 6.07 Å². The summed E-state index contributed by atoms with van der Waals surface area (Å²) in [5.41, 5.74) is 8.92. The van der Waals surface area contributed by atoms with Crippen LogP contribution in [0.1, 0.15) is 40.4 Å². The lowest BCUT2D eigenvalue weighted by atomic mass is 9.96. The van der Waals surface area contributed by atoms with E-state index < -0.39 is 0 Å². The smallest absolute Gasteiger partial charge is 0.163 e. The molecule has 2 rings (SSSR count). The maximum Gasteiger partial charge on any atom is 0.163 e. The Hall–Kier alpha value is -1.35. The van der Waals surface area contributed by atoms with Crippen molar-refractivity contribution < 1.29 is 9.90 Å². The van der Waals surface area contributed by atoms with Crippen molar-refractivity contribution in [2.24, 2.45) is 5.73 Å². The average molecular weight is 205 g/mol. The molecule has 0 fully saturated rings. The second kappa shape index (κ2) is 3.66. The summed E-state index contributed by atoms with van der Waals surface area (Å²) in [5.74, 6) is 0.0200. The molecule has 0 aliphatic heterocycles. The lowest BCUT2D eigenvalue weighted by molar-refractivity contribution is 0.101. The third-order valence-corrected chi connectivity index (χ3v) is 3.02. The first kappa shape index (κ1) is 10.2.